The average Bonchev–Trinajstić information content (AvgIpc) is 3.38. The van der Waals surface area contributed by atoms with Gasteiger partial charge in [0.05, 0.1) is 43.2 Å². The molecule has 2 aromatic heterocycles. The topological polar surface area (TPSA) is 121 Å². The van der Waals surface area contributed by atoms with Crippen LogP contribution in [0.4, 0.5) is 18.9 Å². The molecular weight excluding hydrogens is 511 g/mol. The lowest BCUT2D eigenvalue weighted by Crippen LogP contribution is -2.18. The van der Waals surface area contributed by atoms with Crippen molar-refractivity contribution in [3.63, 3.8) is 0 Å². The molecule has 0 bridgehead atoms. The Morgan fingerprint density at radius 1 is 0.949 bits per heavy atom. The second kappa shape index (κ2) is 13.5. The maximum absolute atomic E-state index is 12.6. The van der Waals surface area contributed by atoms with E-state index in [-0.39, 0.29) is 12.2 Å². The Hall–Kier alpha value is -4.21. The Balaban J connectivity index is 1.15. The van der Waals surface area contributed by atoms with Crippen molar-refractivity contribution in [3.8, 4) is 22.9 Å². The highest BCUT2D eigenvalue weighted by molar-refractivity contribution is 5.95. The molecule has 204 valence electrons. The molecule has 4 rings (SSSR count). The highest BCUT2D eigenvalue weighted by atomic mass is 19.4. The number of halogens is 3. The van der Waals surface area contributed by atoms with Crippen molar-refractivity contribution in [2.45, 2.75) is 32.2 Å². The molecule has 4 aromatic rings. The molecular formula is C27H28F3N7O2. The molecule has 0 spiro atoms. The summed E-state index contributed by atoms with van der Waals surface area (Å²) in [7, 11) is 0. The number of anilines is 1. The monoisotopic (exact) mass is 539 g/mol. The fourth-order valence-corrected chi connectivity index (χ4v) is 4.09. The summed E-state index contributed by atoms with van der Waals surface area (Å²) in [4.78, 5) is 0. The predicted molar refractivity (Wildman–Crippen MR) is 140 cm³/mol. The van der Waals surface area contributed by atoms with Gasteiger partial charge in [-0.2, -0.15) is 20.6 Å². The van der Waals surface area contributed by atoms with E-state index in [4.69, 9.17) is 10.00 Å². The van der Waals surface area contributed by atoms with Crippen molar-refractivity contribution in [3.05, 3.63) is 66.1 Å². The van der Waals surface area contributed by atoms with Gasteiger partial charge in [-0.1, -0.05) is 6.07 Å². The first-order valence-corrected chi connectivity index (χ1v) is 12.4. The Morgan fingerprint density at radius 3 is 2.62 bits per heavy atom. The third-order valence-electron chi connectivity index (χ3n) is 5.80. The standard InChI is InChI=1S/C27H28F3N7O2/c28-27(29,30)39-23-12-19(3-5-31)11-20(13-23)16-32-6-1-2-9-38-10-8-33-25-14-22(21-4-7-34-35-17-21)15-26-24(25)18-36-37-26/h4,7,11-15,17-18,32-33H,1-3,6,8-10,16H2,(H,36,37). The van der Waals surface area contributed by atoms with E-state index < -0.39 is 6.36 Å². The van der Waals surface area contributed by atoms with Gasteiger partial charge in [0, 0.05) is 36.3 Å². The summed E-state index contributed by atoms with van der Waals surface area (Å²) in [5.41, 5.74) is 4.93. The molecule has 0 unspecified atom stereocenters. The van der Waals surface area contributed by atoms with E-state index in [1.54, 1.807) is 24.7 Å². The quantitative estimate of drug-likeness (QED) is 0.192. The van der Waals surface area contributed by atoms with Crippen LogP contribution in [-0.2, 0) is 17.7 Å². The number of fused-ring (bicyclic) bond motifs is 1. The van der Waals surface area contributed by atoms with Crippen LogP contribution in [0.25, 0.3) is 22.0 Å². The Bertz CT molecular complexity index is 1390. The highest BCUT2D eigenvalue weighted by Gasteiger charge is 2.31. The van der Waals surface area contributed by atoms with Crippen LogP contribution in [0.3, 0.4) is 0 Å². The molecule has 12 heteroatoms. The minimum atomic E-state index is -4.78. The van der Waals surface area contributed by atoms with E-state index in [0.717, 1.165) is 40.6 Å². The number of nitrogens with one attached hydrogen (secondary N) is 3. The first-order chi connectivity index (χ1) is 18.9. The van der Waals surface area contributed by atoms with E-state index in [2.05, 4.69) is 41.8 Å². The zero-order chi connectivity index (χ0) is 27.5. The predicted octanol–water partition coefficient (Wildman–Crippen LogP) is 4.98. The van der Waals surface area contributed by atoms with Gasteiger partial charge in [0.15, 0.2) is 0 Å². The largest absolute Gasteiger partial charge is 0.573 e. The summed E-state index contributed by atoms with van der Waals surface area (Å²) >= 11 is 0. The van der Waals surface area contributed by atoms with Gasteiger partial charge in [0.25, 0.3) is 0 Å². The highest BCUT2D eigenvalue weighted by Crippen LogP contribution is 2.29. The molecule has 39 heavy (non-hydrogen) atoms. The number of benzene rings is 2. The van der Waals surface area contributed by atoms with Crippen molar-refractivity contribution in [1.82, 2.24) is 25.7 Å². The Morgan fingerprint density at radius 2 is 1.82 bits per heavy atom. The fourth-order valence-electron chi connectivity index (χ4n) is 4.09. The van der Waals surface area contributed by atoms with Crippen molar-refractivity contribution in [2.24, 2.45) is 0 Å². The Labute approximate surface area is 223 Å². The number of ether oxygens (including phenoxy) is 2. The number of unbranched alkanes of at least 4 members (excludes halogenated alkanes) is 1. The molecule has 0 fully saturated rings. The molecule has 2 aromatic carbocycles. The average molecular weight is 540 g/mol. The van der Waals surface area contributed by atoms with Crippen molar-refractivity contribution < 1.29 is 22.6 Å². The van der Waals surface area contributed by atoms with E-state index in [1.807, 2.05) is 18.2 Å². The smallest absolute Gasteiger partial charge is 0.406 e. The maximum atomic E-state index is 12.6. The van der Waals surface area contributed by atoms with Gasteiger partial charge in [0.2, 0.25) is 0 Å². The summed E-state index contributed by atoms with van der Waals surface area (Å²) < 4.78 is 47.5. The number of aromatic nitrogens is 4. The van der Waals surface area contributed by atoms with Crippen LogP contribution >= 0.6 is 0 Å². The molecule has 0 saturated heterocycles. The number of nitrogens with zero attached hydrogens (tertiary/aromatic N) is 4. The van der Waals surface area contributed by atoms with E-state index in [9.17, 15) is 13.2 Å². The van der Waals surface area contributed by atoms with Gasteiger partial charge < -0.3 is 20.1 Å². The third-order valence-corrected chi connectivity index (χ3v) is 5.80. The molecule has 0 aliphatic carbocycles. The fraction of sp³-hybridized carbons (Fsp3) is 0.333. The van der Waals surface area contributed by atoms with Gasteiger partial charge in [-0.05, 0) is 66.4 Å². The molecule has 0 atom stereocenters. The molecule has 3 N–H and O–H groups in total. The van der Waals surface area contributed by atoms with E-state index >= 15 is 0 Å². The molecule has 2 heterocycles. The minimum absolute atomic E-state index is 0.00879. The molecule has 9 nitrogen and oxygen atoms in total. The van der Waals surface area contributed by atoms with Gasteiger partial charge in [-0.3, -0.25) is 5.10 Å². The van der Waals surface area contributed by atoms with E-state index in [1.165, 1.54) is 12.1 Å². The van der Waals surface area contributed by atoms with Gasteiger partial charge in [-0.25, -0.2) is 0 Å². The van der Waals surface area contributed by atoms with Crippen LogP contribution in [0.15, 0.2) is 55.0 Å². The van der Waals surface area contributed by atoms with Crippen LogP contribution in [-0.4, -0.2) is 53.1 Å². The Kier molecular flexibility index (Phi) is 9.66. The second-order valence-corrected chi connectivity index (χ2v) is 8.78. The molecule has 0 amide bonds. The maximum Gasteiger partial charge on any atom is 0.573 e. The zero-order valence-electron chi connectivity index (χ0n) is 21.1. The lowest BCUT2D eigenvalue weighted by Gasteiger charge is -2.12. The number of H-pyrrole nitrogens is 1. The van der Waals surface area contributed by atoms with Crippen molar-refractivity contribution in [2.75, 3.05) is 31.6 Å². The summed E-state index contributed by atoms with van der Waals surface area (Å²) in [6.07, 6.45) is 2.05. The van der Waals surface area contributed by atoms with Gasteiger partial charge >= 0.3 is 6.36 Å². The first-order valence-electron chi connectivity index (χ1n) is 12.4. The number of rotatable bonds is 14. The summed E-state index contributed by atoms with van der Waals surface area (Å²) in [6, 6.07) is 12.2. The molecule has 0 saturated carbocycles. The summed E-state index contributed by atoms with van der Waals surface area (Å²) in [5.74, 6) is -0.316. The van der Waals surface area contributed by atoms with Crippen molar-refractivity contribution >= 4 is 16.6 Å². The van der Waals surface area contributed by atoms with Crippen LogP contribution in [0.1, 0.15) is 24.0 Å². The summed E-state index contributed by atoms with van der Waals surface area (Å²) in [6.45, 7) is 2.79. The second-order valence-electron chi connectivity index (χ2n) is 8.78. The van der Waals surface area contributed by atoms with E-state index in [0.29, 0.717) is 44.0 Å². The van der Waals surface area contributed by atoms with Gasteiger partial charge in [-0.15, -0.1) is 13.2 Å². The SMILES string of the molecule is N#CCc1cc(CNCCCCOCCNc2cc(-c3ccnnc3)cc3[nH]ncc23)cc(OC(F)(F)F)c1. The number of hydrogen-bond donors (Lipinski definition) is 3. The number of nitriles is 1. The zero-order valence-corrected chi connectivity index (χ0v) is 21.1. The minimum Gasteiger partial charge on any atom is -0.406 e. The number of aromatic amines is 1. The lowest BCUT2D eigenvalue weighted by atomic mass is 10.1. The molecule has 0 radical (unpaired) electrons. The lowest BCUT2D eigenvalue weighted by molar-refractivity contribution is -0.274. The third kappa shape index (κ3) is 8.66. The number of hydrogen-bond acceptors (Lipinski definition) is 8. The van der Waals surface area contributed by atoms with Crippen LogP contribution in [0, 0.1) is 11.3 Å². The van der Waals surface area contributed by atoms with Gasteiger partial charge in [0.1, 0.15) is 5.75 Å². The molecule has 0 aliphatic heterocycles. The number of alkyl halides is 3. The summed E-state index contributed by atoms with van der Waals surface area (Å²) in [5, 5.41) is 31.4. The van der Waals surface area contributed by atoms with Crippen LogP contribution in [0.2, 0.25) is 0 Å². The molecule has 0 aliphatic rings. The van der Waals surface area contributed by atoms with Crippen LogP contribution < -0.4 is 15.4 Å². The first kappa shape index (κ1) is 27.8. The normalized spacial score (nSPS) is 11.4. The van der Waals surface area contributed by atoms with Crippen molar-refractivity contribution in [1.29, 1.82) is 5.26 Å². The van der Waals surface area contributed by atoms with Crippen LogP contribution in [0.5, 0.6) is 5.75 Å².